The van der Waals surface area contributed by atoms with Crippen LogP contribution in [0.2, 0.25) is 5.02 Å². The van der Waals surface area contributed by atoms with E-state index in [9.17, 15) is 37.5 Å². The van der Waals surface area contributed by atoms with E-state index in [-0.39, 0.29) is 79.7 Å². The van der Waals surface area contributed by atoms with E-state index < -0.39 is 23.2 Å². The number of benzene rings is 3. The van der Waals surface area contributed by atoms with Gasteiger partial charge in [-0.1, -0.05) is 39.3 Å². The summed E-state index contributed by atoms with van der Waals surface area (Å²) < 4.78 is 42.6. The van der Waals surface area contributed by atoms with Crippen LogP contribution in [0.15, 0.2) is 86.0 Å². The van der Waals surface area contributed by atoms with Crippen LogP contribution in [0.25, 0.3) is 0 Å². The van der Waals surface area contributed by atoms with Crippen molar-refractivity contribution in [2.24, 2.45) is 0 Å². The summed E-state index contributed by atoms with van der Waals surface area (Å²) in [5, 5.41) is 0.431. The Kier molecular flexibility index (Phi) is 9.52. The van der Waals surface area contributed by atoms with Gasteiger partial charge in [-0.15, -0.1) is 0 Å². The summed E-state index contributed by atoms with van der Waals surface area (Å²) in [6.45, 7) is 7.59. The van der Waals surface area contributed by atoms with Gasteiger partial charge in [-0.25, -0.2) is 8.78 Å². The van der Waals surface area contributed by atoms with Gasteiger partial charge >= 0.3 is 0 Å². The van der Waals surface area contributed by atoms with Crippen LogP contribution in [0, 0.1) is 11.6 Å². The fourth-order valence-corrected chi connectivity index (χ4v) is 6.62. The summed E-state index contributed by atoms with van der Waals surface area (Å²) in [5.41, 5.74) is 2.21. The van der Waals surface area contributed by atoms with E-state index in [4.69, 9.17) is 24.9 Å². The smallest absolute Gasteiger partial charge is 0.229 e. The molecule has 6 aromatic rings. The van der Waals surface area contributed by atoms with E-state index in [2.05, 4.69) is 0 Å². The van der Waals surface area contributed by atoms with E-state index >= 15 is 0 Å². The Hall–Kier alpha value is -6.33. The maximum absolute atomic E-state index is 13.2. The lowest BCUT2D eigenvalue weighted by Gasteiger charge is -2.12. The first-order chi connectivity index (χ1) is 26.2. The molecule has 0 saturated carbocycles. The van der Waals surface area contributed by atoms with E-state index in [1.165, 1.54) is 30.3 Å². The number of carbonyl (C=O) groups excluding carboxylic acids is 6. The molecule has 3 aliphatic carbocycles. The van der Waals surface area contributed by atoms with Crippen molar-refractivity contribution in [1.29, 1.82) is 0 Å². The van der Waals surface area contributed by atoms with Crippen molar-refractivity contribution < 1.29 is 50.8 Å². The minimum absolute atomic E-state index is 0.0202. The largest absolute Gasteiger partial charge is 0.457 e. The van der Waals surface area contributed by atoms with Crippen LogP contribution in [-0.2, 0) is 12.8 Å². The Morgan fingerprint density at radius 2 is 0.855 bits per heavy atom. The number of furan rings is 3. The van der Waals surface area contributed by atoms with E-state index in [0.29, 0.717) is 51.8 Å². The van der Waals surface area contributed by atoms with E-state index in [1.807, 2.05) is 27.7 Å². The van der Waals surface area contributed by atoms with Gasteiger partial charge in [0.2, 0.25) is 17.3 Å². The number of ketones is 6. The molecule has 55 heavy (non-hydrogen) atoms. The van der Waals surface area contributed by atoms with E-state index in [1.54, 1.807) is 30.3 Å². The number of carbonyl (C=O) groups is 6. The lowest BCUT2D eigenvalue weighted by Crippen LogP contribution is -2.19. The average molecular weight is 763 g/mol. The van der Waals surface area contributed by atoms with Gasteiger partial charge in [-0.05, 0) is 72.8 Å². The zero-order valence-corrected chi connectivity index (χ0v) is 30.5. The monoisotopic (exact) mass is 762 g/mol. The Labute approximate surface area is 316 Å². The Balaban J connectivity index is 0.000000127. The van der Waals surface area contributed by atoms with Crippen molar-refractivity contribution in [1.82, 2.24) is 0 Å². The van der Waals surface area contributed by atoms with E-state index in [0.717, 1.165) is 12.1 Å². The van der Waals surface area contributed by atoms with Crippen LogP contribution in [-0.4, -0.2) is 34.7 Å². The molecule has 0 saturated heterocycles. The van der Waals surface area contributed by atoms with Crippen molar-refractivity contribution in [3.63, 3.8) is 0 Å². The SMILES string of the molecule is CC(C)c1cc2c(o1)C(=O)c1cc(F)ccc1C2=O.CCc1cc2c(o1)C(=O)c1cc(Cl)ccc1C2=O.CCc1cc2c(o1)C(=O)c1cc(F)ccc1C2=O. The molecule has 9 nitrogen and oxygen atoms in total. The van der Waals surface area contributed by atoms with Crippen LogP contribution < -0.4 is 0 Å². The quantitative estimate of drug-likeness (QED) is 0.172. The summed E-state index contributed by atoms with van der Waals surface area (Å²) in [6.07, 6.45) is 1.24. The highest BCUT2D eigenvalue weighted by atomic mass is 35.5. The molecule has 0 radical (unpaired) electrons. The standard InChI is InChI=1S/C15H11FO3.C14H9ClO3.C14H9FO3/c1-7(2)12-6-11-13(17)9-4-3-8(16)5-10(9)14(18)15(11)19-12;2*1-2-8-6-11-12(16)9-4-3-7(15)5-10(9)13(17)14(11)18-8/h3-7H,1-2H3;2*3-6H,2H2,1H3. The van der Waals surface area contributed by atoms with Crippen LogP contribution in [0.5, 0.6) is 0 Å². The Morgan fingerprint density at radius 3 is 1.27 bits per heavy atom. The van der Waals surface area contributed by atoms with Crippen molar-refractivity contribution in [3.05, 3.63) is 174 Å². The minimum atomic E-state index is -0.543. The third-order valence-corrected chi connectivity index (χ3v) is 9.58. The summed E-state index contributed by atoms with van der Waals surface area (Å²) in [7, 11) is 0. The molecule has 0 spiro atoms. The summed E-state index contributed by atoms with van der Waals surface area (Å²) in [5.74, 6) is -0.936. The van der Waals surface area contributed by atoms with Crippen molar-refractivity contribution in [2.75, 3.05) is 0 Å². The van der Waals surface area contributed by atoms with Crippen LogP contribution in [0.1, 0.15) is 147 Å². The second-order valence-electron chi connectivity index (χ2n) is 13.2. The lowest BCUT2D eigenvalue weighted by atomic mass is 9.88. The molecule has 0 amide bonds. The van der Waals surface area contributed by atoms with Crippen LogP contribution in [0.4, 0.5) is 8.78 Å². The predicted molar refractivity (Wildman–Crippen MR) is 194 cm³/mol. The zero-order valence-electron chi connectivity index (χ0n) is 29.7. The molecule has 276 valence electrons. The van der Waals surface area contributed by atoms with Gasteiger partial charge in [0, 0.05) is 57.2 Å². The molecule has 0 unspecified atom stereocenters. The Bertz CT molecular complexity index is 2530. The van der Waals surface area contributed by atoms with Gasteiger partial charge in [0.1, 0.15) is 28.9 Å². The van der Waals surface area contributed by atoms with Gasteiger partial charge in [0.25, 0.3) is 0 Å². The maximum Gasteiger partial charge on any atom is 0.229 e. The summed E-state index contributed by atoms with van der Waals surface area (Å²) in [4.78, 5) is 73.2. The zero-order chi connectivity index (χ0) is 39.5. The van der Waals surface area contributed by atoms with Crippen LogP contribution >= 0.6 is 11.6 Å². The van der Waals surface area contributed by atoms with Gasteiger partial charge in [-0.3, -0.25) is 28.8 Å². The normalized spacial score (nSPS) is 13.5. The van der Waals surface area contributed by atoms with Crippen molar-refractivity contribution >= 4 is 46.3 Å². The topological polar surface area (TPSA) is 142 Å². The number of hydrogen-bond donors (Lipinski definition) is 0. The van der Waals surface area contributed by atoms with Crippen molar-refractivity contribution in [3.8, 4) is 0 Å². The fourth-order valence-electron chi connectivity index (χ4n) is 6.45. The molecule has 0 atom stereocenters. The van der Waals surface area contributed by atoms with Gasteiger partial charge in [0.05, 0.1) is 16.7 Å². The highest BCUT2D eigenvalue weighted by molar-refractivity contribution is 6.33. The molecule has 3 heterocycles. The summed E-state index contributed by atoms with van der Waals surface area (Å²) in [6, 6.07) is 16.7. The molecule has 3 aliphatic rings. The Morgan fingerprint density at radius 1 is 0.473 bits per heavy atom. The second kappa shape index (κ2) is 14.1. The molecule has 12 heteroatoms. The first-order valence-corrected chi connectivity index (χ1v) is 17.7. The van der Waals surface area contributed by atoms with Gasteiger partial charge in [0.15, 0.2) is 34.6 Å². The van der Waals surface area contributed by atoms with Crippen molar-refractivity contribution in [2.45, 2.75) is 46.5 Å². The predicted octanol–water partition coefficient (Wildman–Crippen LogP) is 9.34. The first-order valence-electron chi connectivity index (χ1n) is 17.3. The molecular formula is C43H29ClF2O9. The highest BCUT2D eigenvalue weighted by Gasteiger charge is 2.36. The number of aryl methyl sites for hydroxylation is 2. The molecule has 0 N–H and O–H groups in total. The molecule has 0 fully saturated rings. The molecule has 9 rings (SSSR count). The molecular weight excluding hydrogens is 734 g/mol. The number of fused-ring (bicyclic) bond motifs is 6. The second-order valence-corrected chi connectivity index (χ2v) is 13.6. The third-order valence-electron chi connectivity index (χ3n) is 9.35. The summed E-state index contributed by atoms with van der Waals surface area (Å²) >= 11 is 5.86. The lowest BCUT2D eigenvalue weighted by molar-refractivity contribution is 0.0958. The molecule has 3 aromatic carbocycles. The minimum Gasteiger partial charge on any atom is -0.457 e. The number of halogens is 3. The molecule has 0 bridgehead atoms. The van der Waals surface area contributed by atoms with Crippen LogP contribution in [0.3, 0.4) is 0 Å². The highest BCUT2D eigenvalue weighted by Crippen LogP contribution is 2.34. The maximum atomic E-state index is 13.2. The third kappa shape index (κ3) is 6.40. The molecule has 3 aromatic heterocycles. The van der Waals surface area contributed by atoms with Gasteiger partial charge in [-0.2, -0.15) is 0 Å². The fraction of sp³-hybridized carbons (Fsp3) is 0.163. The number of rotatable bonds is 3. The average Bonchev–Trinajstić information content (AvgIpc) is 3.94. The number of hydrogen-bond acceptors (Lipinski definition) is 9. The first kappa shape index (κ1) is 37.0. The van der Waals surface area contributed by atoms with Gasteiger partial charge < -0.3 is 13.3 Å². The molecule has 0 aliphatic heterocycles.